The maximum Gasteiger partial charge on any atom is 0.323 e. The van der Waals surface area contributed by atoms with Gasteiger partial charge in [-0.15, -0.1) is 0 Å². The molecule has 3 heteroatoms. The number of benzene rings is 1. The van der Waals surface area contributed by atoms with E-state index in [-0.39, 0.29) is 6.03 Å². The van der Waals surface area contributed by atoms with Gasteiger partial charge in [0.05, 0.1) is 0 Å². The number of carbonyl (C=O) groups excluding carboxylic acids is 1. The van der Waals surface area contributed by atoms with Gasteiger partial charge in [0.25, 0.3) is 0 Å². The van der Waals surface area contributed by atoms with Crippen LogP contribution in [0.1, 0.15) is 45.7 Å². The molecule has 2 amide bonds. The van der Waals surface area contributed by atoms with E-state index < -0.39 is 0 Å². The lowest BCUT2D eigenvalue weighted by atomic mass is 10.0. The minimum absolute atomic E-state index is 0.180. The van der Waals surface area contributed by atoms with Gasteiger partial charge in [0.2, 0.25) is 0 Å². The van der Waals surface area contributed by atoms with Gasteiger partial charge in [-0.25, -0.2) is 4.79 Å². The summed E-state index contributed by atoms with van der Waals surface area (Å²) in [5.41, 5.74) is 4.44. The molecule has 0 fully saturated rings. The third kappa shape index (κ3) is 4.41. The van der Waals surface area contributed by atoms with Gasteiger partial charge < -0.3 is 10.6 Å². The van der Waals surface area contributed by atoms with Gasteiger partial charge in [0.1, 0.15) is 0 Å². The first-order valence-electron chi connectivity index (χ1n) is 7.34. The SMILES string of the molecule is CCc1cccc(CC)c1NC(=O)N/C=C(\C)C(C)C. The number of carbonyl (C=O) groups is 1. The summed E-state index contributed by atoms with van der Waals surface area (Å²) in [6.45, 7) is 10.4. The molecule has 0 aliphatic carbocycles. The lowest BCUT2D eigenvalue weighted by molar-refractivity contribution is 0.255. The molecule has 0 aromatic heterocycles. The van der Waals surface area contributed by atoms with E-state index in [9.17, 15) is 4.79 Å². The van der Waals surface area contributed by atoms with E-state index in [0.717, 1.165) is 24.1 Å². The van der Waals surface area contributed by atoms with Crippen LogP contribution in [0.2, 0.25) is 0 Å². The van der Waals surface area contributed by atoms with Crippen molar-refractivity contribution in [2.45, 2.75) is 47.5 Å². The average molecular weight is 274 g/mol. The standard InChI is InChI=1S/C17H26N2O/c1-6-14-9-8-10-15(7-2)16(14)19-17(20)18-11-13(5)12(3)4/h8-12H,6-7H2,1-5H3,(H2,18,19,20)/b13-11+. The largest absolute Gasteiger partial charge is 0.323 e. The van der Waals surface area contributed by atoms with Gasteiger partial charge in [-0.2, -0.15) is 0 Å². The molecule has 0 aliphatic rings. The second kappa shape index (κ2) is 7.73. The summed E-state index contributed by atoms with van der Waals surface area (Å²) in [6, 6.07) is 5.98. The summed E-state index contributed by atoms with van der Waals surface area (Å²) < 4.78 is 0. The number of anilines is 1. The van der Waals surface area contributed by atoms with E-state index in [1.165, 1.54) is 11.1 Å². The third-order valence-corrected chi connectivity index (χ3v) is 3.58. The van der Waals surface area contributed by atoms with Crippen molar-refractivity contribution >= 4 is 11.7 Å². The molecule has 1 rings (SSSR count). The number of aryl methyl sites for hydroxylation is 2. The Morgan fingerprint density at radius 2 is 1.75 bits per heavy atom. The topological polar surface area (TPSA) is 41.1 Å². The number of hydrogen-bond donors (Lipinski definition) is 2. The number of allylic oxidation sites excluding steroid dienone is 1. The van der Waals surface area contributed by atoms with Crippen molar-refractivity contribution in [2.75, 3.05) is 5.32 Å². The molecule has 1 aromatic carbocycles. The van der Waals surface area contributed by atoms with Crippen molar-refractivity contribution in [1.82, 2.24) is 5.32 Å². The molecule has 2 N–H and O–H groups in total. The zero-order valence-corrected chi connectivity index (χ0v) is 13.2. The van der Waals surface area contributed by atoms with E-state index in [1.807, 2.05) is 13.0 Å². The van der Waals surface area contributed by atoms with Crippen molar-refractivity contribution in [3.8, 4) is 0 Å². The van der Waals surface area contributed by atoms with Gasteiger partial charge in [-0.1, -0.05) is 51.5 Å². The van der Waals surface area contributed by atoms with Gasteiger partial charge in [-0.05, 0) is 36.8 Å². The monoisotopic (exact) mass is 274 g/mol. The van der Waals surface area contributed by atoms with Crippen LogP contribution in [0.5, 0.6) is 0 Å². The molecule has 0 unspecified atom stereocenters. The molecule has 0 heterocycles. The molecule has 0 spiro atoms. The van der Waals surface area contributed by atoms with Crippen molar-refractivity contribution in [3.05, 3.63) is 41.1 Å². The molecule has 0 radical (unpaired) electrons. The van der Waals surface area contributed by atoms with Crippen LogP contribution in [-0.4, -0.2) is 6.03 Å². The molecular weight excluding hydrogens is 248 g/mol. The van der Waals surface area contributed by atoms with E-state index >= 15 is 0 Å². The van der Waals surface area contributed by atoms with E-state index in [4.69, 9.17) is 0 Å². The highest BCUT2D eigenvalue weighted by Gasteiger charge is 2.09. The molecule has 0 atom stereocenters. The molecule has 1 aromatic rings. The summed E-state index contributed by atoms with van der Waals surface area (Å²) in [7, 11) is 0. The maximum atomic E-state index is 12.0. The fourth-order valence-corrected chi connectivity index (χ4v) is 1.90. The quantitative estimate of drug-likeness (QED) is 0.816. The first kappa shape index (κ1) is 16.3. The summed E-state index contributed by atoms with van der Waals surface area (Å²) in [5.74, 6) is 0.435. The molecule has 20 heavy (non-hydrogen) atoms. The number of hydrogen-bond acceptors (Lipinski definition) is 1. The van der Waals surface area contributed by atoms with Crippen molar-refractivity contribution in [2.24, 2.45) is 5.92 Å². The second-order valence-corrected chi connectivity index (χ2v) is 5.30. The number of rotatable bonds is 5. The Balaban J connectivity index is 2.83. The highest BCUT2D eigenvalue weighted by molar-refractivity contribution is 5.91. The smallest absolute Gasteiger partial charge is 0.314 e. The summed E-state index contributed by atoms with van der Waals surface area (Å²) >= 11 is 0. The minimum atomic E-state index is -0.180. The number of nitrogens with one attached hydrogen (secondary N) is 2. The van der Waals surface area contributed by atoms with E-state index in [0.29, 0.717) is 5.92 Å². The van der Waals surface area contributed by atoms with Crippen LogP contribution >= 0.6 is 0 Å². The molecule has 0 saturated carbocycles. The zero-order valence-electron chi connectivity index (χ0n) is 13.2. The van der Waals surface area contributed by atoms with E-state index in [2.05, 4.69) is 50.5 Å². The fraction of sp³-hybridized carbons (Fsp3) is 0.471. The predicted molar refractivity (Wildman–Crippen MR) is 85.9 cm³/mol. The van der Waals surface area contributed by atoms with Crippen LogP contribution < -0.4 is 10.6 Å². The molecule has 0 saturated heterocycles. The Morgan fingerprint density at radius 1 is 1.20 bits per heavy atom. The van der Waals surface area contributed by atoms with Crippen LogP contribution in [0.25, 0.3) is 0 Å². The van der Waals surface area contributed by atoms with Crippen LogP contribution in [0.4, 0.5) is 10.5 Å². The van der Waals surface area contributed by atoms with Crippen LogP contribution in [0.3, 0.4) is 0 Å². The van der Waals surface area contributed by atoms with Gasteiger partial charge in [0, 0.05) is 11.9 Å². The van der Waals surface area contributed by atoms with Crippen LogP contribution in [-0.2, 0) is 12.8 Å². The first-order valence-corrected chi connectivity index (χ1v) is 7.34. The molecule has 0 aliphatic heterocycles. The Bertz CT molecular complexity index is 468. The van der Waals surface area contributed by atoms with Crippen molar-refractivity contribution in [1.29, 1.82) is 0 Å². The van der Waals surface area contributed by atoms with Crippen molar-refractivity contribution < 1.29 is 4.79 Å². The minimum Gasteiger partial charge on any atom is -0.314 e. The fourth-order valence-electron chi connectivity index (χ4n) is 1.90. The third-order valence-electron chi connectivity index (χ3n) is 3.58. The molecule has 3 nitrogen and oxygen atoms in total. The second-order valence-electron chi connectivity index (χ2n) is 5.30. The Hall–Kier alpha value is -1.77. The maximum absolute atomic E-state index is 12.0. The normalized spacial score (nSPS) is 11.6. The lowest BCUT2D eigenvalue weighted by Gasteiger charge is -2.14. The van der Waals surface area contributed by atoms with Crippen molar-refractivity contribution in [3.63, 3.8) is 0 Å². The number of amides is 2. The predicted octanol–water partition coefficient (Wildman–Crippen LogP) is 4.49. The zero-order chi connectivity index (χ0) is 15.1. The number of para-hydroxylation sites is 1. The highest BCUT2D eigenvalue weighted by atomic mass is 16.2. The molecule has 0 bridgehead atoms. The highest BCUT2D eigenvalue weighted by Crippen LogP contribution is 2.22. The Labute approximate surface area is 122 Å². The first-order chi connectivity index (χ1) is 9.49. The summed E-state index contributed by atoms with van der Waals surface area (Å²) in [4.78, 5) is 12.0. The van der Waals surface area contributed by atoms with E-state index in [1.54, 1.807) is 6.20 Å². The van der Waals surface area contributed by atoms with Gasteiger partial charge in [-0.3, -0.25) is 0 Å². The van der Waals surface area contributed by atoms with Crippen LogP contribution in [0.15, 0.2) is 30.0 Å². The van der Waals surface area contributed by atoms with Gasteiger partial charge in [0.15, 0.2) is 0 Å². The van der Waals surface area contributed by atoms with Crippen LogP contribution in [0, 0.1) is 5.92 Å². The Morgan fingerprint density at radius 3 is 2.20 bits per heavy atom. The van der Waals surface area contributed by atoms with Gasteiger partial charge >= 0.3 is 6.03 Å². The molecular formula is C17H26N2O. The molecule has 110 valence electrons. The summed E-state index contributed by atoms with van der Waals surface area (Å²) in [5, 5.41) is 5.78. The number of urea groups is 1. The Kier molecular flexibility index (Phi) is 6.29. The lowest BCUT2D eigenvalue weighted by Crippen LogP contribution is -2.25. The average Bonchev–Trinajstić information content (AvgIpc) is 2.44. The summed E-state index contributed by atoms with van der Waals surface area (Å²) in [6.07, 6.45) is 3.59.